The van der Waals surface area contributed by atoms with Gasteiger partial charge in [-0.2, -0.15) is 0 Å². The Morgan fingerprint density at radius 3 is 2.15 bits per heavy atom. The zero-order valence-electron chi connectivity index (χ0n) is 19.0. The number of benzene rings is 3. The number of nitrogens with one attached hydrogen (secondary N) is 3. The molecule has 2 amide bonds. The zero-order valence-corrected chi connectivity index (χ0v) is 19.8. The molecule has 0 spiro atoms. The van der Waals surface area contributed by atoms with Gasteiger partial charge in [-0.25, -0.2) is 8.42 Å². The molecule has 0 bridgehead atoms. The molecule has 178 valence electrons. The summed E-state index contributed by atoms with van der Waals surface area (Å²) in [4.78, 5) is 24.6. The molecule has 3 aromatic rings. The Morgan fingerprint density at radius 1 is 0.824 bits per heavy atom. The highest BCUT2D eigenvalue weighted by Crippen LogP contribution is 2.21. The standard InChI is InChI=1S/C25H27N3O5S/c1-3-16-26-24(29)18-8-10-20(11-9-18)27-25(30)19-6-5-7-23(17-19)34(31,32)28-21-12-14-22(15-13-21)33-4-2/h5-15,17,28H,3-4,16H2,1-2H3,(H,26,29)(H,27,30). The Hall–Kier alpha value is -3.85. The van der Waals surface area contributed by atoms with Gasteiger partial charge in [0.05, 0.1) is 11.5 Å². The van der Waals surface area contributed by atoms with E-state index in [1.165, 1.54) is 24.3 Å². The lowest BCUT2D eigenvalue weighted by molar-refractivity contribution is 0.0953. The van der Waals surface area contributed by atoms with Crippen molar-refractivity contribution in [3.63, 3.8) is 0 Å². The van der Waals surface area contributed by atoms with E-state index in [1.807, 2.05) is 13.8 Å². The van der Waals surface area contributed by atoms with Gasteiger partial charge < -0.3 is 15.4 Å². The topological polar surface area (TPSA) is 114 Å². The van der Waals surface area contributed by atoms with E-state index in [2.05, 4.69) is 15.4 Å². The fourth-order valence-corrected chi connectivity index (χ4v) is 4.16. The van der Waals surface area contributed by atoms with Gasteiger partial charge in [0, 0.05) is 29.0 Å². The Balaban J connectivity index is 1.69. The van der Waals surface area contributed by atoms with Gasteiger partial charge in [0.25, 0.3) is 21.8 Å². The van der Waals surface area contributed by atoms with Crippen LogP contribution in [0.4, 0.5) is 11.4 Å². The van der Waals surface area contributed by atoms with E-state index in [0.717, 1.165) is 6.42 Å². The van der Waals surface area contributed by atoms with Crippen molar-refractivity contribution in [3.8, 4) is 5.75 Å². The van der Waals surface area contributed by atoms with Gasteiger partial charge in [0.2, 0.25) is 0 Å². The molecule has 8 nitrogen and oxygen atoms in total. The minimum absolute atomic E-state index is 0.0445. The van der Waals surface area contributed by atoms with E-state index in [4.69, 9.17) is 4.74 Å². The van der Waals surface area contributed by atoms with Crippen LogP contribution in [0.1, 0.15) is 41.0 Å². The first-order chi connectivity index (χ1) is 16.3. The first-order valence-electron chi connectivity index (χ1n) is 10.9. The third kappa shape index (κ3) is 6.58. The number of amides is 2. The largest absolute Gasteiger partial charge is 0.494 e. The Morgan fingerprint density at radius 2 is 1.50 bits per heavy atom. The minimum atomic E-state index is -3.91. The molecule has 0 aliphatic rings. The summed E-state index contributed by atoms with van der Waals surface area (Å²) in [5.74, 6) is -0.0160. The van der Waals surface area contributed by atoms with Gasteiger partial charge in [0.15, 0.2) is 0 Å². The lowest BCUT2D eigenvalue weighted by atomic mass is 10.1. The number of anilines is 2. The normalized spacial score (nSPS) is 10.9. The van der Waals surface area contributed by atoms with Crippen LogP contribution in [0.5, 0.6) is 5.75 Å². The molecule has 3 aromatic carbocycles. The smallest absolute Gasteiger partial charge is 0.261 e. The van der Waals surface area contributed by atoms with E-state index in [-0.39, 0.29) is 16.4 Å². The van der Waals surface area contributed by atoms with Crippen LogP contribution in [0, 0.1) is 0 Å². The highest BCUT2D eigenvalue weighted by molar-refractivity contribution is 7.92. The average Bonchev–Trinajstić information content (AvgIpc) is 2.84. The molecule has 0 radical (unpaired) electrons. The van der Waals surface area contributed by atoms with Crippen molar-refractivity contribution in [2.24, 2.45) is 0 Å². The van der Waals surface area contributed by atoms with Crippen molar-refractivity contribution >= 4 is 33.2 Å². The summed E-state index contributed by atoms with van der Waals surface area (Å²) in [7, 11) is -3.91. The van der Waals surface area contributed by atoms with Crippen LogP contribution in [0.2, 0.25) is 0 Å². The zero-order chi connectivity index (χ0) is 24.6. The molecule has 0 saturated carbocycles. The first-order valence-corrected chi connectivity index (χ1v) is 12.4. The van der Waals surface area contributed by atoms with Crippen LogP contribution in [-0.4, -0.2) is 33.4 Å². The molecule has 0 aliphatic heterocycles. The van der Waals surface area contributed by atoms with Gasteiger partial charge in [-0.1, -0.05) is 13.0 Å². The van der Waals surface area contributed by atoms with Crippen molar-refractivity contribution in [1.82, 2.24) is 5.32 Å². The second kappa shape index (κ2) is 11.3. The summed E-state index contributed by atoms with van der Waals surface area (Å²) < 4.78 is 33.5. The van der Waals surface area contributed by atoms with Crippen molar-refractivity contribution in [3.05, 3.63) is 83.9 Å². The van der Waals surface area contributed by atoms with E-state index < -0.39 is 15.9 Å². The number of carbonyl (C=O) groups is 2. The molecular weight excluding hydrogens is 454 g/mol. The van der Waals surface area contributed by atoms with E-state index in [0.29, 0.717) is 35.8 Å². The summed E-state index contributed by atoms with van der Waals surface area (Å²) >= 11 is 0. The van der Waals surface area contributed by atoms with E-state index in [1.54, 1.807) is 48.5 Å². The average molecular weight is 482 g/mol. The summed E-state index contributed by atoms with van der Waals surface area (Å²) in [5.41, 5.74) is 1.53. The summed E-state index contributed by atoms with van der Waals surface area (Å²) in [5, 5.41) is 5.50. The second-order valence-electron chi connectivity index (χ2n) is 7.38. The highest BCUT2D eigenvalue weighted by atomic mass is 32.2. The molecule has 3 rings (SSSR count). The molecule has 0 fully saturated rings. The number of hydrogen-bond donors (Lipinski definition) is 3. The highest BCUT2D eigenvalue weighted by Gasteiger charge is 2.17. The molecule has 0 aromatic heterocycles. The molecule has 0 unspecified atom stereocenters. The maximum absolute atomic E-state index is 12.8. The summed E-state index contributed by atoms with van der Waals surface area (Å²) in [6, 6.07) is 18.8. The predicted octanol–water partition coefficient (Wildman–Crippen LogP) is 4.28. The Kier molecular flexibility index (Phi) is 8.26. The van der Waals surface area contributed by atoms with Crippen molar-refractivity contribution in [1.29, 1.82) is 0 Å². The monoisotopic (exact) mass is 481 g/mol. The number of rotatable bonds is 10. The first kappa shape index (κ1) is 24.8. The third-order valence-electron chi connectivity index (χ3n) is 4.76. The van der Waals surface area contributed by atoms with Gasteiger partial charge in [-0.3, -0.25) is 14.3 Å². The van der Waals surface area contributed by atoms with Crippen LogP contribution in [0.15, 0.2) is 77.7 Å². The maximum Gasteiger partial charge on any atom is 0.261 e. The molecule has 34 heavy (non-hydrogen) atoms. The SMILES string of the molecule is CCCNC(=O)c1ccc(NC(=O)c2cccc(S(=O)(=O)Nc3ccc(OCC)cc3)c2)cc1. The fraction of sp³-hybridized carbons (Fsp3) is 0.200. The van der Waals surface area contributed by atoms with Crippen molar-refractivity contribution in [2.75, 3.05) is 23.2 Å². The van der Waals surface area contributed by atoms with Crippen LogP contribution >= 0.6 is 0 Å². The Labute approximate surface area is 199 Å². The predicted molar refractivity (Wildman–Crippen MR) is 132 cm³/mol. The van der Waals surface area contributed by atoms with Crippen molar-refractivity contribution in [2.45, 2.75) is 25.2 Å². The molecule has 0 saturated heterocycles. The number of carbonyl (C=O) groups excluding carboxylic acids is 2. The fourth-order valence-electron chi connectivity index (χ4n) is 3.05. The maximum atomic E-state index is 12.8. The van der Waals surface area contributed by atoms with E-state index >= 15 is 0 Å². The van der Waals surface area contributed by atoms with Crippen molar-refractivity contribution < 1.29 is 22.7 Å². The van der Waals surface area contributed by atoms with Gasteiger partial charge in [0.1, 0.15) is 5.75 Å². The third-order valence-corrected chi connectivity index (χ3v) is 6.14. The minimum Gasteiger partial charge on any atom is -0.494 e. The van der Waals surface area contributed by atoms with Gasteiger partial charge >= 0.3 is 0 Å². The number of sulfonamides is 1. The lowest BCUT2D eigenvalue weighted by Crippen LogP contribution is -2.23. The molecular formula is C25H27N3O5S. The van der Waals surface area contributed by atoms with Crippen LogP contribution in [-0.2, 0) is 10.0 Å². The molecule has 0 heterocycles. The molecule has 0 aliphatic carbocycles. The Bertz CT molecular complexity index is 1240. The number of ether oxygens (including phenoxy) is 1. The molecule has 3 N–H and O–H groups in total. The van der Waals surface area contributed by atoms with Gasteiger partial charge in [-0.15, -0.1) is 0 Å². The van der Waals surface area contributed by atoms with Gasteiger partial charge in [-0.05, 0) is 80.1 Å². The number of hydrogen-bond acceptors (Lipinski definition) is 5. The second-order valence-corrected chi connectivity index (χ2v) is 9.06. The molecule has 9 heteroatoms. The van der Waals surface area contributed by atoms with E-state index in [9.17, 15) is 18.0 Å². The quantitative estimate of drug-likeness (QED) is 0.400. The van der Waals surface area contributed by atoms with Crippen LogP contribution in [0.3, 0.4) is 0 Å². The summed E-state index contributed by atoms with van der Waals surface area (Å²) in [6.45, 7) is 4.93. The lowest BCUT2D eigenvalue weighted by Gasteiger charge is -2.11. The van der Waals surface area contributed by atoms with Crippen LogP contribution in [0.25, 0.3) is 0 Å². The summed E-state index contributed by atoms with van der Waals surface area (Å²) in [6.07, 6.45) is 0.838. The van der Waals surface area contributed by atoms with Crippen LogP contribution < -0.4 is 20.1 Å². The molecule has 0 atom stereocenters.